The Hall–Kier alpha value is -2.87. The summed E-state index contributed by atoms with van der Waals surface area (Å²) in [5.74, 6) is 2.10. The molecule has 0 N–H and O–H groups in total. The highest BCUT2D eigenvalue weighted by atomic mass is 16.5. The molecule has 0 aromatic carbocycles. The molecule has 1 aliphatic rings. The normalized spacial score (nSPS) is 15.5. The lowest BCUT2D eigenvalue weighted by molar-refractivity contribution is 0.214. The number of aromatic nitrogens is 5. The van der Waals surface area contributed by atoms with E-state index in [9.17, 15) is 0 Å². The first kappa shape index (κ1) is 15.6. The first-order chi connectivity index (χ1) is 12.3. The van der Waals surface area contributed by atoms with Crippen molar-refractivity contribution in [2.45, 2.75) is 13.5 Å². The summed E-state index contributed by atoms with van der Waals surface area (Å²) in [5, 5.41) is 3.83. The van der Waals surface area contributed by atoms with E-state index in [1.165, 1.54) is 0 Å². The van der Waals surface area contributed by atoms with Crippen molar-refractivity contribution in [1.29, 1.82) is 0 Å². The second-order valence-corrected chi connectivity index (χ2v) is 5.98. The van der Waals surface area contributed by atoms with Gasteiger partial charge in [-0.15, -0.1) is 0 Å². The van der Waals surface area contributed by atoms with E-state index in [1.54, 1.807) is 12.4 Å². The molecule has 0 unspecified atom stereocenters. The van der Waals surface area contributed by atoms with Crippen molar-refractivity contribution in [2.75, 3.05) is 31.1 Å². The molecule has 1 aliphatic heterocycles. The van der Waals surface area contributed by atoms with Gasteiger partial charge in [-0.05, 0) is 25.1 Å². The van der Waals surface area contributed by atoms with Gasteiger partial charge in [-0.1, -0.05) is 5.16 Å². The summed E-state index contributed by atoms with van der Waals surface area (Å²) in [6.45, 7) is 6.06. The van der Waals surface area contributed by atoms with Crippen LogP contribution < -0.4 is 4.90 Å². The minimum Gasteiger partial charge on any atom is -0.338 e. The van der Waals surface area contributed by atoms with Crippen LogP contribution in [0.5, 0.6) is 0 Å². The number of anilines is 1. The first-order valence-corrected chi connectivity index (χ1v) is 8.28. The van der Waals surface area contributed by atoms with Crippen molar-refractivity contribution < 1.29 is 4.52 Å². The van der Waals surface area contributed by atoms with Crippen LogP contribution in [0.25, 0.3) is 11.3 Å². The van der Waals surface area contributed by atoms with E-state index in [-0.39, 0.29) is 0 Å². The van der Waals surface area contributed by atoms with E-state index >= 15 is 0 Å². The van der Waals surface area contributed by atoms with Gasteiger partial charge in [-0.25, -0.2) is 9.97 Å². The van der Waals surface area contributed by atoms with Crippen molar-refractivity contribution in [2.24, 2.45) is 0 Å². The Balaban J connectivity index is 1.41. The topological polar surface area (TPSA) is 84.1 Å². The van der Waals surface area contributed by atoms with Gasteiger partial charge in [0, 0.05) is 50.3 Å². The Kier molecular flexibility index (Phi) is 4.34. The summed E-state index contributed by atoms with van der Waals surface area (Å²) in [6, 6.07) is 5.83. The smallest absolute Gasteiger partial charge is 0.240 e. The zero-order valence-electron chi connectivity index (χ0n) is 14.0. The molecule has 25 heavy (non-hydrogen) atoms. The highest BCUT2D eigenvalue weighted by Gasteiger charge is 2.21. The summed E-state index contributed by atoms with van der Waals surface area (Å²) in [7, 11) is 0. The van der Waals surface area contributed by atoms with Crippen molar-refractivity contribution in [1.82, 2.24) is 30.0 Å². The zero-order valence-corrected chi connectivity index (χ0v) is 14.0. The molecular weight excluding hydrogens is 318 g/mol. The molecule has 0 atom stereocenters. The monoisotopic (exact) mass is 337 g/mol. The molecule has 8 nitrogen and oxygen atoms in total. The van der Waals surface area contributed by atoms with Crippen LogP contribution in [-0.2, 0) is 6.54 Å². The minimum absolute atomic E-state index is 0.667. The Morgan fingerprint density at radius 1 is 1.08 bits per heavy atom. The largest absolute Gasteiger partial charge is 0.338 e. The van der Waals surface area contributed by atoms with Crippen LogP contribution in [0, 0.1) is 6.92 Å². The third-order valence-corrected chi connectivity index (χ3v) is 4.18. The summed E-state index contributed by atoms with van der Waals surface area (Å²) in [4.78, 5) is 22.1. The van der Waals surface area contributed by atoms with Crippen LogP contribution >= 0.6 is 0 Å². The van der Waals surface area contributed by atoms with E-state index in [1.807, 2.05) is 31.3 Å². The Labute approximate surface area is 145 Å². The van der Waals surface area contributed by atoms with Gasteiger partial charge in [-0.2, -0.15) is 4.98 Å². The van der Waals surface area contributed by atoms with E-state index in [2.05, 4.69) is 29.9 Å². The van der Waals surface area contributed by atoms with Gasteiger partial charge in [-0.3, -0.25) is 9.88 Å². The molecule has 0 amide bonds. The predicted octanol–water partition coefficient (Wildman–Crippen LogP) is 1.55. The lowest BCUT2D eigenvalue weighted by Gasteiger charge is -2.33. The van der Waals surface area contributed by atoms with Gasteiger partial charge in [0.05, 0.1) is 12.2 Å². The molecule has 4 rings (SSSR count). The van der Waals surface area contributed by atoms with Gasteiger partial charge in [0.2, 0.25) is 11.8 Å². The number of rotatable bonds is 4. The Morgan fingerprint density at radius 2 is 1.96 bits per heavy atom. The average Bonchev–Trinajstić information content (AvgIpc) is 3.08. The molecular formula is C17H19N7O. The maximum atomic E-state index is 5.20. The quantitative estimate of drug-likeness (QED) is 0.709. The average molecular weight is 337 g/mol. The minimum atomic E-state index is 0.667. The van der Waals surface area contributed by atoms with Gasteiger partial charge in [0.1, 0.15) is 0 Å². The highest BCUT2D eigenvalue weighted by Crippen LogP contribution is 2.19. The number of hydrogen-bond acceptors (Lipinski definition) is 8. The van der Waals surface area contributed by atoms with E-state index < -0.39 is 0 Å². The summed E-state index contributed by atoms with van der Waals surface area (Å²) >= 11 is 0. The Morgan fingerprint density at radius 3 is 2.68 bits per heavy atom. The van der Waals surface area contributed by atoms with Gasteiger partial charge in [0.25, 0.3) is 0 Å². The van der Waals surface area contributed by atoms with E-state index in [0.717, 1.165) is 43.4 Å². The zero-order chi connectivity index (χ0) is 17.1. The molecule has 0 aliphatic carbocycles. The molecule has 1 saturated heterocycles. The molecule has 3 aromatic heterocycles. The number of nitrogens with zero attached hydrogens (tertiary/aromatic N) is 7. The molecule has 3 aromatic rings. The molecule has 4 heterocycles. The number of aryl methyl sites for hydroxylation is 1. The predicted molar refractivity (Wildman–Crippen MR) is 91.8 cm³/mol. The summed E-state index contributed by atoms with van der Waals surface area (Å²) < 4.78 is 5.20. The fraction of sp³-hybridized carbons (Fsp3) is 0.353. The molecule has 1 fully saturated rings. The lowest BCUT2D eigenvalue weighted by atomic mass is 10.2. The number of hydrogen-bond donors (Lipinski definition) is 0. The van der Waals surface area contributed by atoms with Crippen molar-refractivity contribution in [3.05, 3.63) is 48.5 Å². The summed E-state index contributed by atoms with van der Waals surface area (Å²) in [5.41, 5.74) is 1.89. The summed E-state index contributed by atoms with van der Waals surface area (Å²) in [6.07, 6.45) is 5.38. The third-order valence-electron chi connectivity index (χ3n) is 4.18. The highest BCUT2D eigenvalue weighted by molar-refractivity contribution is 5.58. The SMILES string of the molecule is Cc1noc(CN2CCN(c3nccc(-c4cccnc4)n3)CC2)n1. The van der Waals surface area contributed by atoms with Crippen LogP contribution in [-0.4, -0.2) is 56.2 Å². The van der Waals surface area contributed by atoms with Gasteiger partial charge in [0.15, 0.2) is 5.82 Å². The van der Waals surface area contributed by atoms with Crippen molar-refractivity contribution in [3.8, 4) is 11.3 Å². The van der Waals surface area contributed by atoms with E-state index in [4.69, 9.17) is 9.51 Å². The van der Waals surface area contributed by atoms with Crippen molar-refractivity contribution in [3.63, 3.8) is 0 Å². The molecule has 0 saturated carbocycles. The molecule has 128 valence electrons. The van der Waals surface area contributed by atoms with Crippen LogP contribution in [0.3, 0.4) is 0 Å². The van der Waals surface area contributed by atoms with E-state index in [0.29, 0.717) is 18.3 Å². The van der Waals surface area contributed by atoms with Crippen molar-refractivity contribution >= 4 is 5.95 Å². The maximum absolute atomic E-state index is 5.20. The van der Waals surface area contributed by atoms with Crippen LogP contribution in [0.4, 0.5) is 5.95 Å². The van der Waals surface area contributed by atoms with Crippen LogP contribution in [0.1, 0.15) is 11.7 Å². The van der Waals surface area contributed by atoms with Gasteiger partial charge >= 0.3 is 0 Å². The number of pyridine rings is 1. The van der Waals surface area contributed by atoms with Crippen LogP contribution in [0.15, 0.2) is 41.3 Å². The lowest BCUT2D eigenvalue weighted by Crippen LogP contribution is -2.46. The molecule has 0 spiro atoms. The number of piperazine rings is 1. The third kappa shape index (κ3) is 3.63. The molecule has 0 radical (unpaired) electrons. The maximum Gasteiger partial charge on any atom is 0.240 e. The fourth-order valence-electron chi connectivity index (χ4n) is 2.88. The second-order valence-electron chi connectivity index (χ2n) is 5.98. The fourth-order valence-corrected chi connectivity index (χ4v) is 2.88. The van der Waals surface area contributed by atoms with Crippen LogP contribution in [0.2, 0.25) is 0 Å². The standard InChI is InChI=1S/C17H19N7O/c1-13-20-16(25-22-13)12-23-7-9-24(10-8-23)17-19-6-4-15(21-17)14-3-2-5-18-11-14/h2-6,11H,7-10,12H2,1H3. The first-order valence-electron chi connectivity index (χ1n) is 8.28. The molecule has 8 heteroatoms. The van der Waals surface area contributed by atoms with Gasteiger partial charge < -0.3 is 9.42 Å². The second kappa shape index (κ2) is 6.94. The Bertz CT molecular complexity index is 828. The molecule has 0 bridgehead atoms.